The number of carbonyl (C=O) groups is 1. The number of hydrogen-bond acceptors (Lipinski definition) is 5. The standard InChI is InChI=1S/C21H25ClN4O2S/c1-3-25-10-12-26(13-11-25)18-9-8-15(14-17(18)22)23-21(29)24-20(27)16-6-4-5-7-19(16)28-2/h4-9,14H,3,10-13H2,1-2H3,(H2,23,24,27,29). The molecule has 2 aromatic rings. The summed E-state index contributed by atoms with van der Waals surface area (Å²) in [4.78, 5) is 17.2. The molecule has 29 heavy (non-hydrogen) atoms. The second kappa shape index (κ2) is 9.91. The van der Waals surface area contributed by atoms with E-state index in [1.54, 1.807) is 24.3 Å². The molecule has 0 spiro atoms. The SMILES string of the molecule is CCN1CCN(c2ccc(NC(=S)NC(=O)c3ccccc3OC)cc2Cl)CC1. The number of anilines is 2. The average Bonchev–Trinajstić information content (AvgIpc) is 2.73. The molecular formula is C21H25ClN4O2S. The van der Waals surface area contributed by atoms with Crippen LogP contribution in [0.5, 0.6) is 5.75 Å². The van der Waals surface area contributed by atoms with E-state index in [0.29, 0.717) is 16.3 Å². The first-order chi connectivity index (χ1) is 14.0. The highest BCUT2D eigenvalue weighted by Crippen LogP contribution is 2.29. The van der Waals surface area contributed by atoms with E-state index in [9.17, 15) is 4.79 Å². The topological polar surface area (TPSA) is 56.8 Å². The highest BCUT2D eigenvalue weighted by atomic mass is 35.5. The molecule has 0 bridgehead atoms. The van der Waals surface area contributed by atoms with Crippen LogP contribution in [-0.2, 0) is 0 Å². The van der Waals surface area contributed by atoms with Gasteiger partial charge in [-0.05, 0) is 49.1 Å². The van der Waals surface area contributed by atoms with Crippen LogP contribution >= 0.6 is 23.8 Å². The highest BCUT2D eigenvalue weighted by Gasteiger charge is 2.18. The van der Waals surface area contributed by atoms with Crippen LogP contribution in [0.1, 0.15) is 17.3 Å². The molecule has 1 fully saturated rings. The van der Waals surface area contributed by atoms with Gasteiger partial charge in [-0.2, -0.15) is 0 Å². The van der Waals surface area contributed by atoms with Gasteiger partial charge in [0.25, 0.3) is 5.91 Å². The molecule has 0 aliphatic carbocycles. The van der Waals surface area contributed by atoms with E-state index >= 15 is 0 Å². The van der Waals surface area contributed by atoms with Crippen LogP contribution in [0, 0.1) is 0 Å². The Morgan fingerprint density at radius 3 is 2.55 bits per heavy atom. The van der Waals surface area contributed by atoms with Gasteiger partial charge in [-0.3, -0.25) is 10.1 Å². The molecule has 0 unspecified atom stereocenters. The van der Waals surface area contributed by atoms with Gasteiger partial charge in [-0.25, -0.2) is 0 Å². The highest BCUT2D eigenvalue weighted by molar-refractivity contribution is 7.80. The van der Waals surface area contributed by atoms with Crippen LogP contribution < -0.4 is 20.3 Å². The number of halogens is 1. The summed E-state index contributed by atoms with van der Waals surface area (Å²) in [6.07, 6.45) is 0. The number of ether oxygens (including phenoxy) is 1. The third kappa shape index (κ3) is 5.38. The molecular weight excluding hydrogens is 408 g/mol. The molecule has 1 aliphatic heterocycles. The van der Waals surface area contributed by atoms with Gasteiger partial charge in [0, 0.05) is 31.9 Å². The maximum Gasteiger partial charge on any atom is 0.261 e. The lowest BCUT2D eigenvalue weighted by Crippen LogP contribution is -2.46. The minimum Gasteiger partial charge on any atom is -0.496 e. The number of amides is 1. The van der Waals surface area contributed by atoms with E-state index < -0.39 is 0 Å². The van der Waals surface area contributed by atoms with Crippen molar-refractivity contribution >= 4 is 46.2 Å². The predicted molar refractivity (Wildman–Crippen MR) is 122 cm³/mol. The van der Waals surface area contributed by atoms with Crippen molar-refractivity contribution in [1.82, 2.24) is 10.2 Å². The van der Waals surface area contributed by atoms with E-state index in [0.717, 1.165) is 44.1 Å². The van der Waals surface area contributed by atoms with E-state index in [4.69, 9.17) is 28.6 Å². The van der Waals surface area contributed by atoms with Crippen LogP contribution in [0.2, 0.25) is 5.02 Å². The third-order valence-corrected chi connectivity index (χ3v) is 5.45. The van der Waals surface area contributed by atoms with Gasteiger partial charge in [0.05, 0.1) is 23.4 Å². The van der Waals surface area contributed by atoms with Gasteiger partial charge < -0.3 is 19.9 Å². The zero-order valence-electron chi connectivity index (χ0n) is 16.6. The number of thiocarbonyl (C=S) groups is 1. The summed E-state index contributed by atoms with van der Waals surface area (Å²) in [7, 11) is 1.52. The molecule has 2 N–H and O–H groups in total. The number of hydrogen-bond donors (Lipinski definition) is 2. The minimum absolute atomic E-state index is 0.196. The van der Waals surface area contributed by atoms with Crippen molar-refractivity contribution in [1.29, 1.82) is 0 Å². The van der Waals surface area contributed by atoms with Crippen molar-refractivity contribution in [3.05, 3.63) is 53.1 Å². The fourth-order valence-electron chi connectivity index (χ4n) is 3.31. The fourth-order valence-corrected chi connectivity index (χ4v) is 3.82. The molecule has 1 saturated heterocycles. The van der Waals surface area contributed by atoms with Crippen molar-refractivity contribution in [3.63, 3.8) is 0 Å². The molecule has 2 aromatic carbocycles. The second-order valence-corrected chi connectivity index (χ2v) is 7.51. The van der Waals surface area contributed by atoms with Gasteiger partial charge >= 0.3 is 0 Å². The number of nitrogens with one attached hydrogen (secondary N) is 2. The van der Waals surface area contributed by atoms with Gasteiger partial charge in [0.1, 0.15) is 5.75 Å². The summed E-state index contributed by atoms with van der Waals surface area (Å²) < 4.78 is 5.22. The first-order valence-corrected chi connectivity index (χ1v) is 10.3. The number of carbonyl (C=O) groups excluding carboxylic acids is 1. The minimum atomic E-state index is -0.337. The number of likely N-dealkylation sites (N-methyl/N-ethyl adjacent to an activating group) is 1. The summed E-state index contributed by atoms with van der Waals surface area (Å²) in [5.41, 5.74) is 2.15. The quantitative estimate of drug-likeness (QED) is 0.704. The van der Waals surface area contributed by atoms with Gasteiger partial charge in [0.15, 0.2) is 5.11 Å². The smallest absolute Gasteiger partial charge is 0.261 e. The average molecular weight is 433 g/mol. The Bertz CT molecular complexity index is 885. The van der Waals surface area contributed by atoms with Crippen LogP contribution in [0.25, 0.3) is 0 Å². The van der Waals surface area contributed by atoms with Crippen molar-refractivity contribution in [2.24, 2.45) is 0 Å². The first-order valence-electron chi connectivity index (χ1n) is 9.54. The van der Waals surface area contributed by atoms with E-state index in [-0.39, 0.29) is 11.0 Å². The number of methoxy groups -OCH3 is 1. The van der Waals surface area contributed by atoms with Crippen molar-refractivity contribution in [2.75, 3.05) is 50.1 Å². The molecule has 8 heteroatoms. The maximum absolute atomic E-state index is 12.4. The van der Waals surface area contributed by atoms with Gasteiger partial charge in [0.2, 0.25) is 0 Å². The summed E-state index contributed by atoms with van der Waals surface area (Å²) in [5.74, 6) is 0.153. The zero-order valence-corrected chi connectivity index (χ0v) is 18.1. The van der Waals surface area contributed by atoms with E-state index in [1.807, 2.05) is 18.2 Å². The summed E-state index contributed by atoms with van der Waals surface area (Å²) in [6, 6.07) is 12.7. The van der Waals surface area contributed by atoms with Crippen LogP contribution in [0.3, 0.4) is 0 Å². The van der Waals surface area contributed by atoms with Crippen molar-refractivity contribution < 1.29 is 9.53 Å². The molecule has 1 amide bonds. The van der Waals surface area contributed by atoms with E-state index in [1.165, 1.54) is 7.11 Å². The van der Waals surface area contributed by atoms with Crippen LogP contribution in [-0.4, -0.2) is 55.8 Å². The predicted octanol–water partition coefficient (Wildman–Crippen LogP) is 3.62. The number of nitrogens with zero attached hydrogens (tertiary/aromatic N) is 2. The lowest BCUT2D eigenvalue weighted by molar-refractivity contribution is 0.0975. The molecule has 1 aliphatic rings. The molecule has 6 nitrogen and oxygen atoms in total. The first kappa shape index (κ1) is 21.4. The Labute approximate surface area is 181 Å². The zero-order chi connectivity index (χ0) is 20.8. The Hall–Kier alpha value is -2.35. The Balaban J connectivity index is 1.61. The lowest BCUT2D eigenvalue weighted by atomic mass is 10.2. The normalized spacial score (nSPS) is 14.4. The van der Waals surface area contributed by atoms with Gasteiger partial charge in [-0.15, -0.1) is 0 Å². The van der Waals surface area contributed by atoms with E-state index in [2.05, 4.69) is 27.4 Å². The van der Waals surface area contributed by atoms with Gasteiger partial charge in [-0.1, -0.05) is 30.7 Å². The molecule has 0 saturated carbocycles. The summed E-state index contributed by atoms with van der Waals surface area (Å²) >= 11 is 11.8. The Kier molecular flexibility index (Phi) is 7.30. The van der Waals surface area contributed by atoms with Crippen molar-refractivity contribution in [2.45, 2.75) is 6.92 Å². The number of benzene rings is 2. The lowest BCUT2D eigenvalue weighted by Gasteiger charge is -2.36. The molecule has 154 valence electrons. The monoisotopic (exact) mass is 432 g/mol. The molecule has 3 rings (SSSR count). The molecule has 0 atom stereocenters. The molecule has 1 heterocycles. The third-order valence-electron chi connectivity index (χ3n) is 4.94. The summed E-state index contributed by atoms with van der Waals surface area (Å²) in [6.45, 7) is 7.22. The number of rotatable bonds is 5. The molecule has 0 aromatic heterocycles. The van der Waals surface area contributed by atoms with Crippen LogP contribution in [0.4, 0.5) is 11.4 Å². The fraction of sp³-hybridized carbons (Fsp3) is 0.333. The summed E-state index contributed by atoms with van der Waals surface area (Å²) in [5, 5.41) is 6.53. The number of para-hydroxylation sites is 1. The molecule has 0 radical (unpaired) electrons. The maximum atomic E-state index is 12.4. The Morgan fingerprint density at radius 1 is 1.17 bits per heavy atom. The van der Waals surface area contributed by atoms with Crippen molar-refractivity contribution in [3.8, 4) is 5.75 Å². The number of piperazine rings is 1. The second-order valence-electron chi connectivity index (χ2n) is 6.70. The van der Waals surface area contributed by atoms with Crippen LogP contribution in [0.15, 0.2) is 42.5 Å². The largest absolute Gasteiger partial charge is 0.496 e. The Morgan fingerprint density at radius 2 is 1.90 bits per heavy atom.